The van der Waals surface area contributed by atoms with Gasteiger partial charge in [0.05, 0.1) is 19.0 Å². The number of hydrogen-bond donors (Lipinski definition) is 1. The molecule has 28 heavy (non-hydrogen) atoms. The molecule has 2 aromatic carbocycles. The number of rotatable bonds is 8. The molecule has 1 amide bonds. The zero-order chi connectivity index (χ0) is 19.8. The Labute approximate surface area is 164 Å². The lowest BCUT2D eigenvalue weighted by atomic mass is 10.1. The third-order valence-electron chi connectivity index (χ3n) is 4.43. The van der Waals surface area contributed by atoms with E-state index in [1.807, 2.05) is 60.7 Å². The molecule has 0 unspecified atom stereocenters. The fraction of sp³-hybridized carbons (Fsp3) is 0.227. The summed E-state index contributed by atoms with van der Waals surface area (Å²) in [4.78, 5) is 24.6. The van der Waals surface area contributed by atoms with Gasteiger partial charge in [-0.3, -0.25) is 9.48 Å². The molecule has 0 fully saturated rings. The van der Waals surface area contributed by atoms with Crippen LogP contribution in [-0.2, 0) is 28.9 Å². The summed E-state index contributed by atoms with van der Waals surface area (Å²) in [5, 5.41) is 7.06. The van der Waals surface area contributed by atoms with Crippen molar-refractivity contribution < 1.29 is 14.3 Å². The first-order valence-electron chi connectivity index (χ1n) is 9.19. The number of methoxy groups -OCH3 is 1. The van der Waals surface area contributed by atoms with Crippen molar-refractivity contribution in [2.75, 3.05) is 12.4 Å². The number of nitrogens with zero attached hydrogens (tertiary/aromatic N) is 2. The van der Waals surface area contributed by atoms with Crippen LogP contribution in [0.4, 0.5) is 5.69 Å². The van der Waals surface area contributed by atoms with Gasteiger partial charge in [-0.05, 0) is 24.0 Å². The minimum absolute atomic E-state index is 0.170. The minimum atomic E-state index is -0.524. The molecular weight excluding hydrogens is 354 g/mol. The molecule has 1 N–H and O–H groups in total. The summed E-state index contributed by atoms with van der Waals surface area (Å²) in [5.74, 6) is -0.694. The lowest BCUT2D eigenvalue weighted by Gasteiger charge is -2.09. The van der Waals surface area contributed by atoms with E-state index in [0.29, 0.717) is 31.5 Å². The fourth-order valence-electron chi connectivity index (χ4n) is 2.95. The van der Waals surface area contributed by atoms with Crippen LogP contribution in [-0.4, -0.2) is 28.8 Å². The summed E-state index contributed by atoms with van der Waals surface area (Å²) in [6, 6.07) is 19.7. The highest BCUT2D eigenvalue weighted by molar-refractivity contribution is 6.00. The number of ether oxygens (including phenoxy) is 1. The summed E-state index contributed by atoms with van der Waals surface area (Å²) in [7, 11) is 1.32. The van der Waals surface area contributed by atoms with Crippen molar-refractivity contribution in [1.82, 2.24) is 9.78 Å². The van der Waals surface area contributed by atoms with Gasteiger partial charge < -0.3 is 10.1 Å². The molecule has 0 aliphatic carbocycles. The van der Waals surface area contributed by atoms with E-state index in [1.165, 1.54) is 13.3 Å². The van der Waals surface area contributed by atoms with Gasteiger partial charge in [0.2, 0.25) is 5.91 Å². The van der Waals surface area contributed by atoms with E-state index >= 15 is 0 Å². The second-order valence-corrected chi connectivity index (χ2v) is 6.39. The Morgan fingerprint density at radius 3 is 2.18 bits per heavy atom. The van der Waals surface area contributed by atoms with Gasteiger partial charge in [0.15, 0.2) is 5.69 Å². The average molecular weight is 377 g/mol. The molecule has 0 aliphatic heterocycles. The third kappa shape index (κ3) is 5.07. The van der Waals surface area contributed by atoms with Crippen molar-refractivity contribution in [1.29, 1.82) is 0 Å². The van der Waals surface area contributed by atoms with Gasteiger partial charge >= 0.3 is 5.97 Å². The Morgan fingerprint density at radius 1 is 0.964 bits per heavy atom. The van der Waals surface area contributed by atoms with E-state index < -0.39 is 5.97 Å². The molecule has 144 valence electrons. The molecule has 3 aromatic rings. The number of nitrogens with one attached hydrogen (secondary N) is 1. The lowest BCUT2D eigenvalue weighted by Crippen LogP contribution is -2.18. The number of benzene rings is 2. The quantitative estimate of drug-likeness (QED) is 0.610. The summed E-state index contributed by atoms with van der Waals surface area (Å²) >= 11 is 0. The smallest absolute Gasteiger partial charge is 0.358 e. The van der Waals surface area contributed by atoms with Crippen LogP contribution < -0.4 is 5.32 Å². The highest BCUT2D eigenvalue weighted by atomic mass is 16.5. The van der Waals surface area contributed by atoms with E-state index in [0.717, 1.165) is 11.1 Å². The minimum Gasteiger partial charge on any atom is -0.464 e. The fourth-order valence-corrected chi connectivity index (χ4v) is 2.95. The van der Waals surface area contributed by atoms with Crippen molar-refractivity contribution in [2.45, 2.75) is 25.8 Å². The number of carbonyl (C=O) groups excluding carboxylic acids is 2. The molecule has 0 bridgehead atoms. The molecule has 0 spiro atoms. The largest absolute Gasteiger partial charge is 0.464 e. The summed E-state index contributed by atoms with van der Waals surface area (Å²) in [6.45, 7) is 0.508. The van der Waals surface area contributed by atoms with Gasteiger partial charge in [0, 0.05) is 13.0 Å². The maximum Gasteiger partial charge on any atom is 0.358 e. The molecule has 0 saturated carbocycles. The molecule has 0 saturated heterocycles. The second kappa shape index (κ2) is 9.50. The van der Waals surface area contributed by atoms with Gasteiger partial charge in [-0.15, -0.1) is 0 Å². The molecule has 0 aliphatic rings. The normalized spacial score (nSPS) is 10.5. The van der Waals surface area contributed by atoms with E-state index in [4.69, 9.17) is 4.74 Å². The van der Waals surface area contributed by atoms with Gasteiger partial charge in [-0.2, -0.15) is 5.10 Å². The van der Waals surface area contributed by atoms with E-state index in [2.05, 4.69) is 10.4 Å². The predicted octanol–water partition coefficient (Wildman–Crippen LogP) is 3.48. The highest BCUT2D eigenvalue weighted by Crippen LogP contribution is 2.18. The Hall–Kier alpha value is -3.41. The van der Waals surface area contributed by atoms with Crippen LogP contribution in [0.5, 0.6) is 0 Å². The number of anilines is 1. The van der Waals surface area contributed by atoms with Crippen LogP contribution in [0.2, 0.25) is 0 Å². The first kappa shape index (κ1) is 19.4. The van der Waals surface area contributed by atoms with E-state index in [9.17, 15) is 9.59 Å². The number of esters is 1. The monoisotopic (exact) mass is 377 g/mol. The van der Waals surface area contributed by atoms with Crippen LogP contribution in [0.1, 0.15) is 28.0 Å². The zero-order valence-electron chi connectivity index (χ0n) is 15.8. The van der Waals surface area contributed by atoms with Crippen LogP contribution in [0.15, 0.2) is 66.9 Å². The molecular formula is C22H23N3O3. The number of aromatic nitrogens is 2. The van der Waals surface area contributed by atoms with Crippen molar-refractivity contribution in [3.8, 4) is 0 Å². The number of carbonyl (C=O) groups is 2. The third-order valence-corrected chi connectivity index (χ3v) is 4.43. The van der Waals surface area contributed by atoms with Crippen molar-refractivity contribution in [2.24, 2.45) is 0 Å². The topological polar surface area (TPSA) is 73.2 Å². The van der Waals surface area contributed by atoms with Crippen LogP contribution >= 0.6 is 0 Å². The van der Waals surface area contributed by atoms with Crippen molar-refractivity contribution in [3.63, 3.8) is 0 Å². The Bertz CT molecular complexity index is 921. The summed E-state index contributed by atoms with van der Waals surface area (Å²) in [6.07, 6.45) is 3.16. The molecule has 6 heteroatoms. The van der Waals surface area contributed by atoms with Gasteiger partial charge in [-0.1, -0.05) is 60.7 Å². The zero-order valence-corrected chi connectivity index (χ0v) is 15.8. The van der Waals surface area contributed by atoms with Crippen LogP contribution in [0.25, 0.3) is 0 Å². The van der Waals surface area contributed by atoms with Crippen molar-refractivity contribution >= 4 is 17.6 Å². The van der Waals surface area contributed by atoms with Gasteiger partial charge in [0.25, 0.3) is 0 Å². The molecule has 6 nitrogen and oxygen atoms in total. The number of amides is 1. The van der Waals surface area contributed by atoms with Crippen LogP contribution in [0.3, 0.4) is 0 Å². The Kier molecular flexibility index (Phi) is 6.57. The predicted molar refractivity (Wildman–Crippen MR) is 107 cm³/mol. The van der Waals surface area contributed by atoms with Gasteiger partial charge in [0.1, 0.15) is 0 Å². The van der Waals surface area contributed by atoms with Crippen LogP contribution in [0, 0.1) is 0 Å². The standard InChI is InChI=1S/C22H23N3O3/c1-28-22(27)21-19(24-20(26)13-12-17-8-4-2-5-9-17)16-23-25(21)15-14-18-10-6-3-7-11-18/h2-11,16H,12-15H2,1H3,(H,24,26). The number of hydrogen-bond acceptors (Lipinski definition) is 4. The SMILES string of the molecule is COC(=O)c1c(NC(=O)CCc2ccccc2)cnn1CCc1ccccc1. The summed E-state index contributed by atoms with van der Waals surface area (Å²) < 4.78 is 6.46. The second-order valence-electron chi connectivity index (χ2n) is 6.39. The maximum atomic E-state index is 12.3. The molecule has 1 heterocycles. The van der Waals surface area contributed by atoms with Crippen molar-refractivity contribution in [3.05, 3.63) is 83.7 Å². The Balaban J connectivity index is 1.67. The van der Waals surface area contributed by atoms with E-state index in [1.54, 1.807) is 4.68 Å². The first-order chi connectivity index (χ1) is 13.7. The average Bonchev–Trinajstić information content (AvgIpc) is 3.14. The summed E-state index contributed by atoms with van der Waals surface area (Å²) in [5.41, 5.74) is 2.86. The number of aryl methyl sites for hydroxylation is 3. The maximum absolute atomic E-state index is 12.3. The molecule has 0 radical (unpaired) electrons. The molecule has 0 atom stereocenters. The van der Waals surface area contributed by atoms with Gasteiger partial charge in [-0.25, -0.2) is 4.79 Å². The Morgan fingerprint density at radius 2 is 1.57 bits per heavy atom. The van der Waals surface area contributed by atoms with E-state index in [-0.39, 0.29) is 11.6 Å². The highest BCUT2D eigenvalue weighted by Gasteiger charge is 2.20. The molecule has 1 aromatic heterocycles. The molecule has 3 rings (SSSR count). The first-order valence-corrected chi connectivity index (χ1v) is 9.19. The lowest BCUT2D eigenvalue weighted by molar-refractivity contribution is -0.116.